The molecule has 2 aromatic rings. The van der Waals surface area contributed by atoms with Crippen LogP contribution < -0.4 is 0 Å². The van der Waals surface area contributed by atoms with Gasteiger partial charge >= 0.3 is 0 Å². The molecule has 0 aromatic heterocycles. The van der Waals surface area contributed by atoms with E-state index in [1.165, 1.54) is 30.5 Å². The monoisotopic (exact) mass is 277 g/mol. The number of rotatable bonds is 1. The van der Waals surface area contributed by atoms with Crippen molar-refractivity contribution < 1.29 is 0 Å². The Hall–Kier alpha value is -1.60. The second-order valence-electron chi connectivity index (χ2n) is 6.69. The van der Waals surface area contributed by atoms with Crippen molar-refractivity contribution in [1.82, 2.24) is 4.90 Å². The number of piperidine rings is 1. The lowest BCUT2D eigenvalue weighted by atomic mass is 9.79. The van der Waals surface area contributed by atoms with E-state index < -0.39 is 0 Å². The molecule has 1 heterocycles. The van der Waals surface area contributed by atoms with Crippen molar-refractivity contribution in [3.8, 4) is 0 Å². The van der Waals surface area contributed by atoms with Crippen molar-refractivity contribution in [3.05, 3.63) is 70.8 Å². The number of hydrogen-bond donors (Lipinski definition) is 0. The summed E-state index contributed by atoms with van der Waals surface area (Å²) in [5, 5.41) is 0. The van der Waals surface area contributed by atoms with E-state index in [1.807, 2.05) is 0 Å². The molecule has 1 saturated heterocycles. The highest BCUT2D eigenvalue weighted by Gasteiger charge is 2.44. The first-order valence-electron chi connectivity index (χ1n) is 8.12. The molecular weight excluding hydrogens is 254 g/mol. The van der Waals surface area contributed by atoms with E-state index in [0.717, 1.165) is 5.92 Å². The molecule has 1 heteroatoms. The van der Waals surface area contributed by atoms with Gasteiger partial charge in [-0.2, -0.15) is 0 Å². The van der Waals surface area contributed by atoms with Crippen LogP contribution >= 0.6 is 0 Å². The minimum atomic E-state index is 0.579. The van der Waals surface area contributed by atoms with Crippen LogP contribution in [0.2, 0.25) is 0 Å². The van der Waals surface area contributed by atoms with E-state index in [-0.39, 0.29) is 0 Å². The van der Waals surface area contributed by atoms with Gasteiger partial charge in [-0.1, -0.05) is 48.5 Å². The van der Waals surface area contributed by atoms with Crippen molar-refractivity contribution in [1.29, 1.82) is 0 Å². The maximum absolute atomic E-state index is 2.57. The summed E-state index contributed by atoms with van der Waals surface area (Å²) in [4.78, 5) is 2.57. The molecule has 2 aliphatic rings. The molecular formula is C20H23N. The van der Waals surface area contributed by atoms with Crippen molar-refractivity contribution in [2.75, 3.05) is 13.6 Å². The fourth-order valence-corrected chi connectivity index (χ4v) is 4.65. The Morgan fingerprint density at radius 3 is 2.33 bits per heavy atom. The Morgan fingerprint density at radius 1 is 0.905 bits per heavy atom. The third-order valence-electron chi connectivity index (χ3n) is 5.53. The third kappa shape index (κ3) is 1.95. The zero-order chi connectivity index (χ0) is 14.4. The summed E-state index contributed by atoms with van der Waals surface area (Å²) in [7, 11) is 2.30. The number of hydrogen-bond acceptors (Lipinski definition) is 1. The fraction of sp³-hybridized carbons (Fsp3) is 0.400. The Morgan fingerprint density at radius 2 is 1.57 bits per heavy atom. The van der Waals surface area contributed by atoms with Crippen LogP contribution in [0.15, 0.2) is 48.5 Å². The molecule has 0 N–H and O–H groups in total. The highest BCUT2D eigenvalue weighted by Crippen LogP contribution is 2.54. The lowest BCUT2D eigenvalue weighted by molar-refractivity contribution is 0.127. The van der Waals surface area contributed by atoms with E-state index in [0.29, 0.717) is 12.0 Å². The lowest BCUT2D eigenvalue weighted by Gasteiger charge is -2.37. The number of likely N-dealkylation sites (tertiary alicyclic amines) is 1. The van der Waals surface area contributed by atoms with E-state index in [1.54, 1.807) is 11.1 Å². The number of fused-ring (bicyclic) bond motifs is 3. The molecule has 1 fully saturated rings. The first kappa shape index (κ1) is 13.1. The summed E-state index contributed by atoms with van der Waals surface area (Å²) in [5.41, 5.74) is 6.10. The number of nitrogens with zero attached hydrogens (tertiary/aromatic N) is 1. The van der Waals surface area contributed by atoms with Gasteiger partial charge in [0.2, 0.25) is 0 Å². The van der Waals surface area contributed by atoms with Gasteiger partial charge in [0.1, 0.15) is 0 Å². The average Bonchev–Trinajstić information content (AvgIpc) is 2.83. The molecule has 2 aromatic carbocycles. The highest BCUT2D eigenvalue weighted by atomic mass is 15.1. The molecule has 0 radical (unpaired) electrons. The van der Waals surface area contributed by atoms with Crippen LogP contribution in [0.3, 0.4) is 0 Å². The second kappa shape index (κ2) is 4.99. The maximum atomic E-state index is 2.57. The summed E-state index contributed by atoms with van der Waals surface area (Å²) in [6.45, 7) is 3.49. The minimum absolute atomic E-state index is 0.579. The Kier molecular flexibility index (Phi) is 3.11. The molecule has 108 valence electrons. The summed E-state index contributed by atoms with van der Waals surface area (Å²) < 4.78 is 0. The van der Waals surface area contributed by atoms with Crippen molar-refractivity contribution in [2.45, 2.75) is 31.7 Å². The third-order valence-corrected chi connectivity index (χ3v) is 5.53. The zero-order valence-corrected chi connectivity index (χ0v) is 12.9. The second-order valence-corrected chi connectivity index (χ2v) is 6.69. The SMILES string of the molecule is Cc1ccccc1[C@H]1c2ccccc2[C@H]2[C@@H]1CCCN2C. The lowest BCUT2D eigenvalue weighted by Crippen LogP contribution is -2.34. The van der Waals surface area contributed by atoms with Crippen LogP contribution in [0.5, 0.6) is 0 Å². The largest absolute Gasteiger partial charge is 0.299 e. The Balaban J connectivity index is 1.89. The van der Waals surface area contributed by atoms with Gasteiger partial charge in [0.25, 0.3) is 0 Å². The predicted octanol–water partition coefficient (Wildman–Crippen LogP) is 4.52. The van der Waals surface area contributed by atoms with Gasteiger partial charge in [-0.25, -0.2) is 0 Å². The molecule has 3 atom stereocenters. The molecule has 1 nitrogen and oxygen atoms in total. The first-order valence-corrected chi connectivity index (χ1v) is 8.12. The van der Waals surface area contributed by atoms with E-state index in [9.17, 15) is 0 Å². The van der Waals surface area contributed by atoms with Crippen LogP contribution in [-0.2, 0) is 0 Å². The fourth-order valence-electron chi connectivity index (χ4n) is 4.65. The summed E-state index contributed by atoms with van der Waals surface area (Å²) in [5.74, 6) is 1.32. The van der Waals surface area contributed by atoms with E-state index in [2.05, 4.69) is 67.4 Å². The van der Waals surface area contributed by atoms with Crippen molar-refractivity contribution in [3.63, 3.8) is 0 Å². The number of aryl methyl sites for hydroxylation is 1. The molecule has 1 aliphatic carbocycles. The van der Waals surface area contributed by atoms with Crippen LogP contribution in [-0.4, -0.2) is 18.5 Å². The standard InChI is InChI=1S/C20H23N/c1-14-8-3-4-9-15(14)19-16-10-5-6-11-17(16)20-18(19)12-7-13-21(20)2/h3-6,8-11,18-20H,7,12-13H2,1-2H3/t18-,19+,20+/m1/s1. The summed E-state index contributed by atoms with van der Waals surface area (Å²) in [6, 6.07) is 18.7. The molecule has 21 heavy (non-hydrogen) atoms. The molecule has 1 aliphatic heterocycles. The van der Waals surface area contributed by atoms with Crippen molar-refractivity contribution in [2.24, 2.45) is 5.92 Å². The summed E-state index contributed by atoms with van der Waals surface area (Å²) in [6.07, 6.45) is 2.68. The highest BCUT2D eigenvalue weighted by molar-refractivity contribution is 5.48. The van der Waals surface area contributed by atoms with Crippen LogP contribution in [0.25, 0.3) is 0 Å². The van der Waals surface area contributed by atoms with Crippen molar-refractivity contribution >= 4 is 0 Å². The Labute approximate surface area is 127 Å². The zero-order valence-electron chi connectivity index (χ0n) is 12.9. The number of benzene rings is 2. The normalized spacial score (nSPS) is 28.2. The molecule has 4 rings (SSSR count). The van der Waals surface area contributed by atoms with E-state index in [4.69, 9.17) is 0 Å². The molecule has 0 bridgehead atoms. The molecule has 0 spiro atoms. The predicted molar refractivity (Wildman–Crippen MR) is 87.6 cm³/mol. The van der Waals surface area contributed by atoms with Gasteiger partial charge in [0.15, 0.2) is 0 Å². The van der Waals surface area contributed by atoms with Gasteiger partial charge < -0.3 is 0 Å². The minimum Gasteiger partial charge on any atom is -0.299 e. The van der Waals surface area contributed by atoms with Gasteiger partial charge in [-0.05, 0) is 61.5 Å². The Bertz CT molecular complexity index is 660. The smallest absolute Gasteiger partial charge is 0.0385 e. The topological polar surface area (TPSA) is 3.24 Å². The van der Waals surface area contributed by atoms with Gasteiger partial charge in [-0.3, -0.25) is 4.90 Å². The van der Waals surface area contributed by atoms with Crippen LogP contribution in [0, 0.1) is 12.8 Å². The first-order chi connectivity index (χ1) is 10.3. The molecule has 0 unspecified atom stereocenters. The van der Waals surface area contributed by atoms with E-state index >= 15 is 0 Å². The molecule has 0 saturated carbocycles. The summed E-state index contributed by atoms with van der Waals surface area (Å²) >= 11 is 0. The quantitative estimate of drug-likeness (QED) is 0.740. The molecule has 0 amide bonds. The van der Waals surface area contributed by atoms with Gasteiger partial charge in [-0.15, -0.1) is 0 Å². The average molecular weight is 277 g/mol. The maximum Gasteiger partial charge on any atom is 0.0385 e. The van der Waals surface area contributed by atoms with Gasteiger partial charge in [0.05, 0.1) is 0 Å². The van der Waals surface area contributed by atoms with Crippen LogP contribution in [0.1, 0.15) is 47.1 Å². The van der Waals surface area contributed by atoms with Crippen LogP contribution in [0.4, 0.5) is 0 Å². The van der Waals surface area contributed by atoms with Gasteiger partial charge in [0, 0.05) is 12.0 Å².